The standard InChI is InChI=1S/C28H40O4/c1-4-19-10-21-15-27(14-18(3)29,24(21)12-19)8-6-23(30)7-9-28(17-26(31)32)16-22-11-20(5-2)13-25(22)28/h12-13,21-22,24-25H,4-11,14-17H2,1-3H3,(H,31,32). The first kappa shape index (κ1) is 23.4. The Balaban J connectivity index is 1.35. The minimum Gasteiger partial charge on any atom is -0.481 e. The summed E-state index contributed by atoms with van der Waals surface area (Å²) < 4.78 is 0. The van der Waals surface area contributed by atoms with Crippen LogP contribution >= 0.6 is 0 Å². The van der Waals surface area contributed by atoms with E-state index in [4.69, 9.17) is 0 Å². The first-order valence-corrected chi connectivity index (χ1v) is 12.8. The number of ketones is 2. The van der Waals surface area contributed by atoms with Gasteiger partial charge in [-0.3, -0.25) is 9.59 Å². The van der Waals surface area contributed by atoms with Gasteiger partial charge in [0.25, 0.3) is 0 Å². The molecule has 0 bridgehead atoms. The summed E-state index contributed by atoms with van der Waals surface area (Å²) in [6, 6.07) is 0. The maximum absolute atomic E-state index is 13.0. The molecule has 4 aliphatic rings. The Labute approximate surface area is 192 Å². The fraction of sp³-hybridized carbons (Fsp3) is 0.750. The molecule has 0 aromatic heterocycles. The molecule has 4 heteroatoms. The van der Waals surface area contributed by atoms with Crippen molar-refractivity contribution in [3.8, 4) is 0 Å². The fourth-order valence-electron chi connectivity index (χ4n) is 7.91. The van der Waals surface area contributed by atoms with Crippen LogP contribution in [0, 0.1) is 34.5 Å². The molecule has 4 rings (SSSR count). The Kier molecular flexibility index (Phi) is 6.53. The summed E-state index contributed by atoms with van der Waals surface area (Å²) in [5.74, 6) is 1.81. The highest BCUT2D eigenvalue weighted by molar-refractivity contribution is 5.79. The molecular formula is C28H40O4. The summed E-state index contributed by atoms with van der Waals surface area (Å²) >= 11 is 0. The monoisotopic (exact) mass is 440 g/mol. The van der Waals surface area contributed by atoms with Crippen molar-refractivity contribution in [3.63, 3.8) is 0 Å². The Morgan fingerprint density at radius 2 is 1.34 bits per heavy atom. The highest BCUT2D eigenvalue weighted by atomic mass is 16.4. The van der Waals surface area contributed by atoms with E-state index in [1.165, 1.54) is 17.6 Å². The van der Waals surface area contributed by atoms with Gasteiger partial charge in [-0.15, -0.1) is 0 Å². The Bertz CT molecular complexity index is 783. The molecule has 0 saturated heterocycles. The van der Waals surface area contributed by atoms with E-state index in [0.717, 1.165) is 38.5 Å². The van der Waals surface area contributed by atoms with E-state index in [9.17, 15) is 19.5 Å². The topological polar surface area (TPSA) is 71.4 Å². The second-order valence-electron chi connectivity index (χ2n) is 11.5. The lowest BCUT2D eigenvalue weighted by atomic mass is 9.51. The van der Waals surface area contributed by atoms with Crippen molar-refractivity contribution in [2.24, 2.45) is 34.5 Å². The molecule has 2 fully saturated rings. The smallest absolute Gasteiger partial charge is 0.303 e. The van der Waals surface area contributed by atoms with Crippen LogP contribution < -0.4 is 0 Å². The second kappa shape index (κ2) is 8.91. The van der Waals surface area contributed by atoms with E-state index in [1.54, 1.807) is 6.92 Å². The van der Waals surface area contributed by atoms with Gasteiger partial charge in [-0.1, -0.05) is 37.1 Å². The molecule has 4 nitrogen and oxygen atoms in total. The van der Waals surface area contributed by atoms with Gasteiger partial charge in [0.15, 0.2) is 0 Å². The maximum Gasteiger partial charge on any atom is 0.303 e. The SMILES string of the molecule is CCC1=CC2C(C1)CC2(CCC(=O)CCC1(CC(=O)O)CC2CC(CC)=CC21)CC(C)=O. The highest BCUT2D eigenvalue weighted by Gasteiger charge is 2.56. The van der Waals surface area contributed by atoms with Crippen molar-refractivity contribution in [3.05, 3.63) is 23.3 Å². The Hall–Kier alpha value is -1.71. The lowest BCUT2D eigenvalue weighted by molar-refractivity contribution is -0.146. The lowest BCUT2D eigenvalue weighted by Crippen LogP contribution is -2.47. The number of allylic oxidation sites excluding steroid dienone is 4. The molecule has 0 heterocycles. The predicted molar refractivity (Wildman–Crippen MR) is 125 cm³/mol. The van der Waals surface area contributed by atoms with Crippen LogP contribution in [0.15, 0.2) is 23.3 Å². The van der Waals surface area contributed by atoms with Crippen LogP contribution in [-0.2, 0) is 14.4 Å². The molecule has 176 valence electrons. The van der Waals surface area contributed by atoms with Crippen LogP contribution in [0.4, 0.5) is 0 Å². The zero-order chi connectivity index (χ0) is 23.1. The van der Waals surface area contributed by atoms with Crippen LogP contribution in [0.3, 0.4) is 0 Å². The van der Waals surface area contributed by atoms with Gasteiger partial charge < -0.3 is 9.90 Å². The molecule has 6 atom stereocenters. The van der Waals surface area contributed by atoms with E-state index >= 15 is 0 Å². The summed E-state index contributed by atoms with van der Waals surface area (Å²) in [6.45, 7) is 6.05. The number of carboxylic acids is 1. The number of carbonyl (C=O) groups excluding carboxylic acids is 2. The molecule has 6 unspecified atom stereocenters. The summed E-state index contributed by atoms with van der Waals surface area (Å²) in [5.41, 5.74) is 2.72. The van der Waals surface area contributed by atoms with Gasteiger partial charge in [0.1, 0.15) is 11.6 Å². The van der Waals surface area contributed by atoms with Crippen molar-refractivity contribution < 1.29 is 19.5 Å². The summed E-state index contributed by atoms with van der Waals surface area (Å²) in [6.07, 6.45) is 14.4. The van der Waals surface area contributed by atoms with Crippen molar-refractivity contribution in [1.82, 2.24) is 0 Å². The number of carbonyl (C=O) groups is 3. The number of fused-ring (bicyclic) bond motifs is 2. The van der Waals surface area contributed by atoms with Gasteiger partial charge >= 0.3 is 5.97 Å². The van der Waals surface area contributed by atoms with Crippen molar-refractivity contribution in [2.45, 2.75) is 97.8 Å². The molecule has 0 aromatic rings. The van der Waals surface area contributed by atoms with E-state index < -0.39 is 5.97 Å². The third-order valence-electron chi connectivity index (χ3n) is 9.46. The van der Waals surface area contributed by atoms with Crippen LogP contribution in [0.5, 0.6) is 0 Å². The Morgan fingerprint density at radius 1 is 0.875 bits per heavy atom. The van der Waals surface area contributed by atoms with E-state index in [2.05, 4.69) is 26.0 Å². The van der Waals surface area contributed by atoms with Crippen LogP contribution in [0.25, 0.3) is 0 Å². The minimum absolute atomic E-state index is 0.0202. The lowest BCUT2D eigenvalue weighted by Gasteiger charge is -2.53. The summed E-state index contributed by atoms with van der Waals surface area (Å²) in [4.78, 5) is 36.6. The largest absolute Gasteiger partial charge is 0.481 e. The molecule has 0 aromatic carbocycles. The van der Waals surface area contributed by atoms with Gasteiger partial charge in [-0.05, 0) is 92.8 Å². The minimum atomic E-state index is -0.741. The molecular weight excluding hydrogens is 400 g/mol. The summed E-state index contributed by atoms with van der Waals surface area (Å²) in [5, 5.41) is 9.54. The van der Waals surface area contributed by atoms with E-state index in [0.29, 0.717) is 49.4 Å². The van der Waals surface area contributed by atoms with Gasteiger partial charge in [-0.2, -0.15) is 0 Å². The van der Waals surface area contributed by atoms with Crippen LogP contribution in [0.2, 0.25) is 0 Å². The molecule has 2 saturated carbocycles. The molecule has 0 spiro atoms. The fourth-order valence-corrected chi connectivity index (χ4v) is 7.91. The molecule has 0 amide bonds. The van der Waals surface area contributed by atoms with Crippen molar-refractivity contribution in [1.29, 1.82) is 0 Å². The Morgan fingerprint density at radius 3 is 1.75 bits per heavy atom. The highest BCUT2D eigenvalue weighted by Crippen LogP contribution is 2.63. The van der Waals surface area contributed by atoms with Crippen molar-refractivity contribution in [2.75, 3.05) is 0 Å². The van der Waals surface area contributed by atoms with Gasteiger partial charge in [-0.25, -0.2) is 0 Å². The van der Waals surface area contributed by atoms with Gasteiger partial charge in [0.2, 0.25) is 0 Å². The maximum atomic E-state index is 13.0. The number of hydrogen-bond acceptors (Lipinski definition) is 3. The third-order valence-corrected chi connectivity index (χ3v) is 9.46. The van der Waals surface area contributed by atoms with Crippen LogP contribution in [-0.4, -0.2) is 22.6 Å². The predicted octanol–water partition coefficient (Wildman–Crippen LogP) is 6.29. The van der Waals surface area contributed by atoms with Gasteiger partial charge in [0, 0.05) is 19.3 Å². The van der Waals surface area contributed by atoms with E-state index in [1.807, 2.05) is 0 Å². The second-order valence-corrected chi connectivity index (χ2v) is 11.5. The van der Waals surface area contributed by atoms with Crippen LogP contribution in [0.1, 0.15) is 97.8 Å². The first-order valence-electron chi connectivity index (χ1n) is 12.8. The number of rotatable bonds is 12. The third kappa shape index (κ3) is 4.26. The molecule has 4 aliphatic carbocycles. The summed E-state index contributed by atoms with van der Waals surface area (Å²) in [7, 11) is 0. The molecule has 0 radical (unpaired) electrons. The molecule has 0 aliphatic heterocycles. The number of hydrogen-bond donors (Lipinski definition) is 1. The normalized spacial score (nSPS) is 37.0. The zero-order valence-electron chi connectivity index (χ0n) is 20.1. The number of Topliss-reactive ketones (excluding diaryl/α,β-unsaturated/α-hetero) is 2. The first-order chi connectivity index (χ1) is 15.2. The zero-order valence-corrected chi connectivity index (χ0v) is 20.1. The molecule has 32 heavy (non-hydrogen) atoms. The average molecular weight is 441 g/mol. The van der Waals surface area contributed by atoms with Crippen molar-refractivity contribution >= 4 is 17.5 Å². The number of aliphatic carboxylic acids is 1. The number of carboxylic acid groups (broad SMARTS) is 1. The van der Waals surface area contributed by atoms with Gasteiger partial charge in [0.05, 0.1) is 6.42 Å². The quantitative estimate of drug-likeness (QED) is 0.362. The van der Waals surface area contributed by atoms with E-state index in [-0.39, 0.29) is 28.8 Å². The average Bonchev–Trinajstić information content (AvgIpc) is 3.26. The molecule has 1 N–H and O–H groups in total.